The topological polar surface area (TPSA) is 62.3 Å². The molecule has 0 saturated heterocycles. The molecule has 2 rings (SSSR count). The van der Waals surface area contributed by atoms with Crippen molar-refractivity contribution in [1.82, 2.24) is 14.6 Å². The van der Waals surface area contributed by atoms with Crippen LogP contribution in [0.4, 0.5) is 0 Å². The zero-order valence-electron chi connectivity index (χ0n) is 11.5. The Morgan fingerprint density at radius 1 is 1.42 bits per heavy atom. The zero-order valence-corrected chi connectivity index (χ0v) is 12.3. The number of rotatable bonds is 7. The average molecular weight is 283 g/mol. The molecule has 0 radical (unpaired) electrons. The first-order chi connectivity index (χ1) is 9.07. The Labute approximate surface area is 115 Å². The Kier molecular flexibility index (Phi) is 4.54. The third-order valence-corrected chi connectivity index (χ3v) is 5.15. The molecule has 0 amide bonds. The lowest BCUT2D eigenvalue weighted by atomic mass is 10.3. The summed E-state index contributed by atoms with van der Waals surface area (Å²) in [6, 6.07) is 3.40. The van der Waals surface area contributed by atoms with Crippen LogP contribution >= 0.6 is 0 Å². The molecule has 106 valence electrons. The molecule has 19 heavy (non-hydrogen) atoms. The third kappa shape index (κ3) is 3.52. The number of nitrogens with zero attached hydrogens (tertiary/aromatic N) is 2. The van der Waals surface area contributed by atoms with Crippen molar-refractivity contribution in [2.45, 2.75) is 31.3 Å². The molecule has 1 N–H and O–H groups in total. The van der Waals surface area contributed by atoms with E-state index in [2.05, 4.69) is 10.3 Å². The predicted octanol–water partition coefficient (Wildman–Crippen LogP) is 1.22. The van der Waals surface area contributed by atoms with Gasteiger partial charge in [0, 0.05) is 25.8 Å². The van der Waals surface area contributed by atoms with Gasteiger partial charge in [0.05, 0.1) is 0 Å². The fourth-order valence-corrected chi connectivity index (χ4v) is 3.43. The van der Waals surface area contributed by atoms with E-state index in [1.807, 2.05) is 14.0 Å². The molecule has 0 atom stereocenters. The van der Waals surface area contributed by atoms with E-state index in [0.717, 1.165) is 18.4 Å². The number of aromatic nitrogens is 1. The minimum Gasteiger partial charge on any atom is -0.316 e. The summed E-state index contributed by atoms with van der Waals surface area (Å²) >= 11 is 0. The fraction of sp³-hybridized carbons (Fsp3) is 0.615. The van der Waals surface area contributed by atoms with Gasteiger partial charge in [-0.1, -0.05) is 13.0 Å². The molecule has 5 nitrogen and oxygen atoms in total. The predicted molar refractivity (Wildman–Crippen MR) is 74.2 cm³/mol. The number of pyridine rings is 1. The van der Waals surface area contributed by atoms with Crippen molar-refractivity contribution in [2.24, 2.45) is 5.92 Å². The van der Waals surface area contributed by atoms with Gasteiger partial charge in [-0.15, -0.1) is 0 Å². The zero-order chi connectivity index (χ0) is 13.9. The van der Waals surface area contributed by atoms with E-state index < -0.39 is 10.0 Å². The van der Waals surface area contributed by atoms with Crippen molar-refractivity contribution < 1.29 is 8.42 Å². The van der Waals surface area contributed by atoms with Crippen molar-refractivity contribution in [3.8, 4) is 0 Å². The molecular weight excluding hydrogens is 262 g/mol. The van der Waals surface area contributed by atoms with Crippen LogP contribution in [0.25, 0.3) is 0 Å². The standard InChI is InChI=1S/C13H21N3O2S/c1-3-16(10-11-4-5-11)19(17,18)13-7-6-12(8-14-2)9-15-13/h6-7,9,11,14H,3-5,8,10H2,1-2H3. The van der Waals surface area contributed by atoms with E-state index in [0.29, 0.717) is 25.6 Å². The number of nitrogens with one attached hydrogen (secondary N) is 1. The molecule has 1 fully saturated rings. The Balaban J connectivity index is 2.16. The van der Waals surface area contributed by atoms with Gasteiger partial charge in [-0.05, 0) is 37.4 Å². The number of sulfonamides is 1. The maximum absolute atomic E-state index is 12.4. The highest BCUT2D eigenvalue weighted by molar-refractivity contribution is 7.89. The minimum absolute atomic E-state index is 0.148. The highest BCUT2D eigenvalue weighted by Gasteiger charge is 2.31. The van der Waals surface area contributed by atoms with Crippen LogP contribution < -0.4 is 5.32 Å². The van der Waals surface area contributed by atoms with E-state index in [-0.39, 0.29) is 5.03 Å². The van der Waals surface area contributed by atoms with E-state index in [9.17, 15) is 8.42 Å². The van der Waals surface area contributed by atoms with Crippen molar-refractivity contribution >= 4 is 10.0 Å². The Hall–Kier alpha value is -0.980. The van der Waals surface area contributed by atoms with Crippen LogP contribution in [-0.2, 0) is 16.6 Å². The summed E-state index contributed by atoms with van der Waals surface area (Å²) in [5, 5.41) is 3.16. The number of hydrogen-bond acceptors (Lipinski definition) is 4. The molecule has 0 bridgehead atoms. The minimum atomic E-state index is -3.44. The first-order valence-corrected chi connectivity index (χ1v) is 8.11. The lowest BCUT2D eigenvalue weighted by molar-refractivity contribution is 0.410. The van der Waals surface area contributed by atoms with Gasteiger partial charge in [0.2, 0.25) is 0 Å². The van der Waals surface area contributed by atoms with E-state index >= 15 is 0 Å². The van der Waals surface area contributed by atoms with E-state index in [1.54, 1.807) is 18.3 Å². The molecule has 1 saturated carbocycles. The smallest absolute Gasteiger partial charge is 0.260 e. The van der Waals surface area contributed by atoms with E-state index in [1.165, 1.54) is 4.31 Å². The first-order valence-electron chi connectivity index (χ1n) is 6.67. The molecule has 1 aliphatic rings. The van der Waals surface area contributed by atoms with Crippen molar-refractivity contribution in [2.75, 3.05) is 20.1 Å². The van der Waals surface area contributed by atoms with Crippen molar-refractivity contribution in [1.29, 1.82) is 0 Å². The van der Waals surface area contributed by atoms with Gasteiger partial charge in [-0.3, -0.25) is 0 Å². The van der Waals surface area contributed by atoms with Gasteiger partial charge < -0.3 is 5.32 Å². The molecular formula is C13H21N3O2S. The largest absolute Gasteiger partial charge is 0.316 e. The van der Waals surface area contributed by atoms with Gasteiger partial charge in [0.15, 0.2) is 5.03 Å². The Morgan fingerprint density at radius 3 is 2.63 bits per heavy atom. The van der Waals surface area contributed by atoms with Gasteiger partial charge in [0.1, 0.15) is 0 Å². The number of hydrogen-bond donors (Lipinski definition) is 1. The summed E-state index contributed by atoms with van der Waals surface area (Å²) < 4.78 is 26.4. The third-order valence-electron chi connectivity index (χ3n) is 3.29. The summed E-state index contributed by atoms with van der Waals surface area (Å²) in [4.78, 5) is 4.10. The maximum Gasteiger partial charge on any atom is 0.260 e. The lowest BCUT2D eigenvalue weighted by Gasteiger charge is -2.19. The molecule has 0 aromatic carbocycles. The SMILES string of the molecule is CCN(CC1CC1)S(=O)(=O)c1ccc(CNC)cn1. The van der Waals surface area contributed by atoms with Gasteiger partial charge in [0.25, 0.3) is 10.0 Å². The van der Waals surface area contributed by atoms with Crippen LogP contribution in [0.3, 0.4) is 0 Å². The monoisotopic (exact) mass is 283 g/mol. The summed E-state index contributed by atoms with van der Waals surface area (Å²) in [6.07, 6.45) is 3.90. The molecule has 1 aromatic heterocycles. The van der Waals surface area contributed by atoms with Crippen molar-refractivity contribution in [3.05, 3.63) is 23.9 Å². The molecule has 6 heteroatoms. The second-order valence-corrected chi connectivity index (χ2v) is 6.82. The fourth-order valence-electron chi connectivity index (χ4n) is 1.99. The highest BCUT2D eigenvalue weighted by Crippen LogP contribution is 2.31. The Morgan fingerprint density at radius 2 is 2.16 bits per heavy atom. The van der Waals surface area contributed by atoms with Crippen LogP contribution in [0.1, 0.15) is 25.3 Å². The van der Waals surface area contributed by atoms with Crippen LogP contribution in [0.2, 0.25) is 0 Å². The van der Waals surface area contributed by atoms with Gasteiger partial charge in [-0.25, -0.2) is 13.4 Å². The van der Waals surface area contributed by atoms with Gasteiger partial charge >= 0.3 is 0 Å². The van der Waals surface area contributed by atoms with E-state index in [4.69, 9.17) is 0 Å². The summed E-state index contributed by atoms with van der Waals surface area (Å²) in [6.45, 7) is 3.68. The summed E-state index contributed by atoms with van der Waals surface area (Å²) in [5.41, 5.74) is 0.978. The van der Waals surface area contributed by atoms with Crippen LogP contribution in [0.15, 0.2) is 23.4 Å². The maximum atomic E-state index is 12.4. The van der Waals surface area contributed by atoms with Crippen LogP contribution in [0.5, 0.6) is 0 Å². The Bertz CT molecular complexity index is 509. The molecule has 0 aliphatic heterocycles. The normalized spacial score (nSPS) is 15.9. The molecule has 1 aliphatic carbocycles. The average Bonchev–Trinajstić information content (AvgIpc) is 3.21. The molecule has 1 heterocycles. The van der Waals surface area contributed by atoms with Crippen molar-refractivity contribution in [3.63, 3.8) is 0 Å². The highest BCUT2D eigenvalue weighted by atomic mass is 32.2. The molecule has 1 aromatic rings. The summed E-state index contributed by atoms with van der Waals surface area (Å²) in [7, 11) is -1.59. The van der Waals surface area contributed by atoms with Crippen LogP contribution in [0, 0.1) is 5.92 Å². The molecule has 0 unspecified atom stereocenters. The lowest BCUT2D eigenvalue weighted by Crippen LogP contribution is -2.33. The first kappa shape index (κ1) is 14.4. The molecule has 0 spiro atoms. The summed E-state index contributed by atoms with van der Waals surface area (Å²) in [5.74, 6) is 0.540. The quantitative estimate of drug-likeness (QED) is 0.817. The van der Waals surface area contributed by atoms with Crippen LogP contribution in [-0.4, -0.2) is 37.8 Å². The van der Waals surface area contributed by atoms with Gasteiger partial charge in [-0.2, -0.15) is 4.31 Å². The second kappa shape index (κ2) is 5.98. The second-order valence-electron chi connectivity index (χ2n) is 4.93.